The Kier molecular flexibility index (Phi) is 13.7. The fourth-order valence-electron chi connectivity index (χ4n) is 6.53. The first-order valence-electron chi connectivity index (χ1n) is 17.6. The van der Waals surface area contributed by atoms with Crippen molar-refractivity contribution in [3.05, 3.63) is 114 Å². The molecule has 0 radical (unpaired) electrons. The lowest BCUT2D eigenvalue weighted by molar-refractivity contribution is -0.145. The van der Waals surface area contributed by atoms with Crippen LogP contribution in [0.1, 0.15) is 43.5 Å². The van der Waals surface area contributed by atoms with Gasteiger partial charge < -0.3 is 19.9 Å². The monoisotopic (exact) mass is 707 g/mol. The van der Waals surface area contributed by atoms with Crippen molar-refractivity contribution in [1.29, 1.82) is 0 Å². The minimum Gasteiger partial charge on any atom is -0.467 e. The molecular formula is C41H49N5O4S. The van der Waals surface area contributed by atoms with Gasteiger partial charge in [0.1, 0.15) is 6.04 Å². The van der Waals surface area contributed by atoms with Gasteiger partial charge in [-0.15, -0.1) is 0 Å². The normalized spacial score (nSPS) is 13.2. The largest absolute Gasteiger partial charge is 0.467 e. The van der Waals surface area contributed by atoms with Crippen molar-refractivity contribution >= 4 is 51.1 Å². The number of thioether (sulfide) groups is 1. The van der Waals surface area contributed by atoms with Crippen molar-refractivity contribution in [2.24, 2.45) is 5.92 Å². The fourth-order valence-corrected chi connectivity index (χ4v) is 7.00. The zero-order valence-corrected chi connectivity index (χ0v) is 30.8. The Morgan fingerprint density at radius 2 is 1.53 bits per heavy atom. The smallest absolute Gasteiger partial charge is 0.328 e. The Labute approximate surface area is 305 Å². The van der Waals surface area contributed by atoms with Crippen molar-refractivity contribution in [2.75, 3.05) is 32.2 Å². The Bertz CT molecular complexity index is 1920. The van der Waals surface area contributed by atoms with Crippen LogP contribution in [0.25, 0.3) is 21.5 Å². The van der Waals surface area contributed by atoms with E-state index in [0.29, 0.717) is 31.8 Å². The average molecular weight is 708 g/mol. The summed E-state index contributed by atoms with van der Waals surface area (Å²) in [5, 5.41) is 10.8. The molecule has 0 bridgehead atoms. The fraction of sp³-hybridized carbons (Fsp3) is 0.366. The summed E-state index contributed by atoms with van der Waals surface area (Å²) in [6.07, 6.45) is 7.00. The summed E-state index contributed by atoms with van der Waals surface area (Å²) in [7, 11) is 1.34. The second kappa shape index (κ2) is 18.5. The number of rotatable bonds is 18. The highest BCUT2D eigenvalue weighted by Crippen LogP contribution is 2.22. The van der Waals surface area contributed by atoms with E-state index in [2.05, 4.69) is 89.0 Å². The van der Waals surface area contributed by atoms with Crippen LogP contribution in [-0.4, -0.2) is 76.5 Å². The van der Waals surface area contributed by atoms with E-state index < -0.39 is 12.0 Å². The third kappa shape index (κ3) is 10.2. The summed E-state index contributed by atoms with van der Waals surface area (Å²) in [5.74, 6) is 0.0260. The van der Waals surface area contributed by atoms with E-state index in [1.165, 1.54) is 17.9 Å². The molecule has 1 aromatic heterocycles. The molecule has 0 aliphatic heterocycles. The summed E-state index contributed by atoms with van der Waals surface area (Å²) in [4.78, 5) is 46.3. The standard InChI is InChI=1S/C41H49N5O4S/c1-5-29(2)38(44-39(47)22-34-23-42-28-46(34)25-33-17-11-15-31-13-7-9-19-36(31)33)26-45(24-32-16-10-14-30-12-6-8-18-35(30)32)27-40(48)43-37(20-21-51-4)41(49)50-3/h6-19,23,28-29,37-38H,5,20-22,24-27H2,1-4H3,(H,43,48)(H,44,47)/t29-,37-,38+/m0/s1. The Balaban J connectivity index is 1.34. The predicted molar refractivity (Wildman–Crippen MR) is 207 cm³/mol. The molecule has 0 saturated heterocycles. The first-order chi connectivity index (χ1) is 24.8. The number of benzene rings is 4. The SMILES string of the molecule is CC[C@H](C)[C@@H](CN(CC(=O)N[C@@H](CCSC)C(=O)OC)Cc1cccc2ccccc12)NC(=O)Cc1cncn1Cc1cccc2ccccc12. The van der Waals surface area contributed by atoms with Crippen molar-refractivity contribution in [3.63, 3.8) is 0 Å². The minimum atomic E-state index is -0.724. The van der Waals surface area contributed by atoms with Crippen LogP contribution >= 0.6 is 11.8 Å². The number of ether oxygens (including phenoxy) is 1. The van der Waals surface area contributed by atoms with Crippen molar-refractivity contribution in [3.8, 4) is 0 Å². The maximum absolute atomic E-state index is 13.7. The lowest BCUT2D eigenvalue weighted by Gasteiger charge is -2.32. The van der Waals surface area contributed by atoms with E-state index in [4.69, 9.17) is 4.74 Å². The Hall–Kier alpha value is -4.67. The number of imidazole rings is 1. The molecule has 0 spiro atoms. The van der Waals surface area contributed by atoms with Crippen LogP contribution in [0.3, 0.4) is 0 Å². The Morgan fingerprint density at radius 1 is 0.882 bits per heavy atom. The van der Waals surface area contributed by atoms with Gasteiger partial charge in [-0.05, 0) is 57.0 Å². The summed E-state index contributed by atoms with van der Waals surface area (Å²) in [5.41, 5.74) is 3.07. The third-order valence-electron chi connectivity index (χ3n) is 9.57. The molecule has 1 heterocycles. The maximum Gasteiger partial charge on any atom is 0.328 e. The van der Waals surface area contributed by atoms with Crippen molar-refractivity contribution < 1.29 is 19.1 Å². The molecule has 51 heavy (non-hydrogen) atoms. The number of nitrogens with one attached hydrogen (secondary N) is 2. The molecule has 5 aromatic rings. The number of hydrogen-bond donors (Lipinski definition) is 2. The molecule has 3 atom stereocenters. The first kappa shape index (κ1) is 37.6. The molecular weight excluding hydrogens is 659 g/mol. The summed E-state index contributed by atoms with van der Waals surface area (Å²) in [6, 6.07) is 28.0. The van der Waals surface area contributed by atoms with E-state index in [0.717, 1.165) is 34.0 Å². The molecule has 9 nitrogen and oxygen atoms in total. The van der Waals surface area contributed by atoms with Gasteiger partial charge in [-0.25, -0.2) is 9.78 Å². The van der Waals surface area contributed by atoms with Gasteiger partial charge in [-0.1, -0.05) is 105 Å². The van der Waals surface area contributed by atoms with E-state index in [9.17, 15) is 14.4 Å². The van der Waals surface area contributed by atoms with Gasteiger partial charge in [0.25, 0.3) is 0 Å². The van der Waals surface area contributed by atoms with Gasteiger partial charge in [0, 0.05) is 37.6 Å². The zero-order valence-electron chi connectivity index (χ0n) is 30.0. The number of nitrogens with zero attached hydrogens (tertiary/aromatic N) is 3. The zero-order chi connectivity index (χ0) is 36.2. The highest BCUT2D eigenvalue weighted by Gasteiger charge is 2.26. The van der Waals surface area contributed by atoms with Crippen LogP contribution in [0.15, 0.2) is 97.5 Å². The van der Waals surface area contributed by atoms with Crippen molar-refractivity contribution in [1.82, 2.24) is 25.1 Å². The molecule has 0 saturated carbocycles. The van der Waals surface area contributed by atoms with Crippen LogP contribution in [0.4, 0.5) is 0 Å². The van der Waals surface area contributed by atoms with Gasteiger partial charge in [0.2, 0.25) is 11.8 Å². The van der Waals surface area contributed by atoms with Crippen LogP contribution in [0.5, 0.6) is 0 Å². The van der Waals surface area contributed by atoms with Crippen LogP contribution in [0, 0.1) is 5.92 Å². The van der Waals surface area contributed by atoms with Gasteiger partial charge in [0.05, 0.1) is 26.4 Å². The second-order valence-corrected chi connectivity index (χ2v) is 14.1. The van der Waals surface area contributed by atoms with Crippen LogP contribution < -0.4 is 10.6 Å². The predicted octanol–water partition coefficient (Wildman–Crippen LogP) is 6.22. The summed E-state index contributed by atoms with van der Waals surface area (Å²) >= 11 is 1.61. The van der Waals surface area contributed by atoms with Gasteiger partial charge in [-0.3, -0.25) is 14.5 Å². The molecule has 0 fully saturated rings. The number of carbonyl (C=O) groups is 3. The van der Waals surface area contributed by atoms with Gasteiger partial charge in [-0.2, -0.15) is 11.8 Å². The third-order valence-corrected chi connectivity index (χ3v) is 10.2. The van der Waals surface area contributed by atoms with Crippen LogP contribution in [0.2, 0.25) is 0 Å². The van der Waals surface area contributed by atoms with E-state index in [1.54, 1.807) is 24.3 Å². The second-order valence-electron chi connectivity index (χ2n) is 13.1. The first-order valence-corrected chi connectivity index (χ1v) is 19.0. The highest BCUT2D eigenvalue weighted by atomic mass is 32.2. The molecule has 4 aromatic carbocycles. The summed E-state index contributed by atoms with van der Waals surface area (Å²) in [6.45, 7) is 5.83. The summed E-state index contributed by atoms with van der Waals surface area (Å²) < 4.78 is 7.02. The molecule has 268 valence electrons. The number of esters is 1. The topological polar surface area (TPSA) is 106 Å². The molecule has 0 aliphatic rings. The number of methoxy groups -OCH3 is 1. The molecule has 10 heteroatoms. The lowest BCUT2D eigenvalue weighted by atomic mass is 9.97. The molecule has 2 N–H and O–H groups in total. The molecule has 0 aliphatic carbocycles. The molecule has 5 rings (SSSR count). The molecule has 2 amide bonds. The Morgan fingerprint density at radius 3 is 2.20 bits per heavy atom. The van der Waals surface area contributed by atoms with E-state index >= 15 is 0 Å². The van der Waals surface area contributed by atoms with E-state index in [1.807, 2.05) is 41.2 Å². The number of hydrogen-bond acceptors (Lipinski definition) is 7. The average Bonchev–Trinajstić information content (AvgIpc) is 3.58. The number of carbonyl (C=O) groups excluding carboxylic acids is 3. The number of aromatic nitrogens is 2. The maximum atomic E-state index is 13.7. The number of fused-ring (bicyclic) bond motifs is 2. The molecule has 0 unspecified atom stereocenters. The number of amides is 2. The highest BCUT2D eigenvalue weighted by molar-refractivity contribution is 7.98. The van der Waals surface area contributed by atoms with Crippen LogP contribution in [-0.2, 0) is 38.6 Å². The minimum absolute atomic E-state index is 0.0522. The lowest BCUT2D eigenvalue weighted by Crippen LogP contribution is -2.51. The quantitative estimate of drug-likeness (QED) is 0.104. The van der Waals surface area contributed by atoms with Gasteiger partial charge >= 0.3 is 5.97 Å². The van der Waals surface area contributed by atoms with E-state index in [-0.39, 0.29) is 36.7 Å². The van der Waals surface area contributed by atoms with Gasteiger partial charge in [0.15, 0.2) is 0 Å². The van der Waals surface area contributed by atoms with Crippen molar-refractivity contribution in [2.45, 2.75) is 58.3 Å².